The maximum absolute atomic E-state index is 11.0. The lowest BCUT2D eigenvalue weighted by Crippen LogP contribution is -2.41. The lowest BCUT2D eigenvalue weighted by Gasteiger charge is -2.34. The van der Waals surface area contributed by atoms with Crippen LogP contribution in [0.5, 0.6) is 0 Å². The molecule has 0 saturated carbocycles. The number of ether oxygens (including phenoxy) is 4. The molecule has 1 fully saturated rings. The van der Waals surface area contributed by atoms with Crippen LogP contribution in [0.1, 0.15) is 40.0 Å². The molecule has 0 spiro atoms. The van der Waals surface area contributed by atoms with Crippen molar-refractivity contribution in [3.05, 3.63) is 0 Å². The predicted octanol–water partition coefficient (Wildman–Crippen LogP) is 1.41. The predicted molar refractivity (Wildman–Crippen MR) is 66.3 cm³/mol. The topological polar surface area (TPSA) is 71.1 Å². The summed E-state index contributed by atoms with van der Waals surface area (Å²) >= 11 is 0. The molecule has 1 heterocycles. The van der Waals surface area contributed by atoms with Gasteiger partial charge >= 0.3 is 11.9 Å². The highest BCUT2D eigenvalue weighted by atomic mass is 16.7. The number of hydrogen-bond acceptors (Lipinski definition) is 6. The smallest absolute Gasteiger partial charge is 0.302 e. The average Bonchev–Trinajstić information content (AvgIpc) is 2.33. The zero-order valence-corrected chi connectivity index (χ0v) is 11.7. The first-order chi connectivity index (χ1) is 9.01. The molecule has 3 unspecified atom stereocenters. The first kappa shape index (κ1) is 15.9. The highest BCUT2D eigenvalue weighted by Crippen LogP contribution is 2.23. The van der Waals surface area contributed by atoms with E-state index in [-0.39, 0.29) is 30.8 Å². The monoisotopic (exact) mass is 274 g/mol. The van der Waals surface area contributed by atoms with Gasteiger partial charge in [-0.2, -0.15) is 0 Å². The molecule has 1 rings (SSSR count). The second kappa shape index (κ2) is 8.12. The molecule has 0 bridgehead atoms. The summed E-state index contributed by atoms with van der Waals surface area (Å²) in [5.74, 6) is -0.684. The minimum atomic E-state index is -0.418. The van der Waals surface area contributed by atoms with Crippen molar-refractivity contribution in [2.24, 2.45) is 0 Å². The van der Waals surface area contributed by atoms with E-state index in [0.29, 0.717) is 19.4 Å². The fourth-order valence-corrected chi connectivity index (χ4v) is 1.94. The van der Waals surface area contributed by atoms with Crippen LogP contribution >= 0.6 is 0 Å². The summed E-state index contributed by atoms with van der Waals surface area (Å²) in [6.07, 6.45) is 0.929. The van der Waals surface area contributed by atoms with Crippen molar-refractivity contribution in [1.29, 1.82) is 0 Å². The minimum Gasteiger partial charge on any atom is -0.463 e. The van der Waals surface area contributed by atoms with E-state index < -0.39 is 6.29 Å². The second-order valence-corrected chi connectivity index (χ2v) is 4.56. The lowest BCUT2D eigenvalue weighted by molar-refractivity contribution is -0.229. The molecule has 0 aromatic carbocycles. The van der Waals surface area contributed by atoms with Gasteiger partial charge in [-0.1, -0.05) is 6.92 Å². The Kier molecular flexibility index (Phi) is 6.80. The molecule has 6 heteroatoms. The van der Waals surface area contributed by atoms with E-state index in [0.717, 1.165) is 6.42 Å². The van der Waals surface area contributed by atoms with E-state index in [9.17, 15) is 9.59 Å². The van der Waals surface area contributed by atoms with Gasteiger partial charge in [-0.05, 0) is 6.42 Å². The molecule has 3 atom stereocenters. The van der Waals surface area contributed by atoms with Crippen LogP contribution < -0.4 is 0 Å². The van der Waals surface area contributed by atoms with Gasteiger partial charge in [-0.3, -0.25) is 9.59 Å². The Morgan fingerprint density at radius 3 is 2.53 bits per heavy atom. The van der Waals surface area contributed by atoms with Gasteiger partial charge < -0.3 is 18.9 Å². The van der Waals surface area contributed by atoms with E-state index in [1.807, 2.05) is 6.92 Å². The van der Waals surface area contributed by atoms with E-state index in [2.05, 4.69) is 0 Å². The third-order valence-corrected chi connectivity index (χ3v) is 2.64. The molecule has 19 heavy (non-hydrogen) atoms. The van der Waals surface area contributed by atoms with E-state index in [4.69, 9.17) is 18.9 Å². The van der Waals surface area contributed by atoms with Crippen molar-refractivity contribution >= 4 is 11.9 Å². The fourth-order valence-electron chi connectivity index (χ4n) is 1.94. The van der Waals surface area contributed by atoms with Crippen LogP contribution in [-0.4, -0.2) is 43.7 Å². The maximum atomic E-state index is 11.0. The van der Waals surface area contributed by atoms with Crippen molar-refractivity contribution in [2.75, 3.05) is 13.2 Å². The van der Waals surface area contributed by atoms with Gasteiger partial charge in [0, 0.05) is 33.3 Å². The van der Waals surface area contributed by atoms with Crippen molar-refractivity contribution in [2.45, 2.75) is 58.5 Å². The summed E-state index contributed by atoms with van der Waals surface area (Å²) < 4.78 is 21.3. The molecule has 1 aliphatic heterocycles. The number of rotatable bonds is 6. The molecule has 0 aromatic heterocycles. The zero-order valence-electron chi connectivity index (χ0n) is 11.7. The van der Waals surface area contributed by atoms with Crippen molar-refractivity contribution in [1.82, 2.24) is 0 Å². The van der Waals surface area contributed by atoms with E-state index >= 15 is 0 Å². The Hall–Kier alpha value is -1.14. The molecule has 0 N–H and O–H groups in total. The van der Waals surface area contributed by atoms with Crippen molar-refractivity contribution < 1.29 is 28.5 Å². The van der Waals surface area contributed by atoms with Crippen LogP contribution in [0, 0.1) is 0 Å². The molecular weight excluding hydrogens is 252 g/mol. The van der Waals surface area contributed by atoms with Gasteiger partial charge in [0.1, 0.15) is 12.7 Å². The third-order valence-electron chi connectivity index (χ3n) is 2.64. The SMILES string of the molecule is CCCOC1CC(OC(C)=O)CC(COC(C)=O)O1. The Balaban J connectivity index is 2.50. The molecule has 1 aliphatic rings. The minimum absolute atomic E-state index is 0.152. The highest BCUT2D eigenvalue weighted by molar-refractivity contribution is 5.66. The van der Waals surface area contributed by atoms with Gasteiger partial charge in [-0.15, -0.1) is 0 Å². The van der Waals surface area contributed by atoms with Gasteiger partial charge in [0.05, 0.1) is 6.10 Å². The van der Waals surface area contributed by atoms with Gasteiger partial charge in [0.15, 0.2) is 6.29 Å². The number of carbonyl (C=O) groups excluding carboxylic acids is 2. The molecule has 1 saturated heterocycles. The molecule has 0 amide bonds. The molecule has 6 nitrogen and oxygen atoms in total. The maximum Gasteiger partial charge on any atom is 0.302 e. The molecule has 110 valence electrons. The summed E-state index contributed by atoms with van der Waals surface area (Å²) in [5, 5.41) is 0. The standard InChI is InChI=1S/C13H22O6/c1-4-5-16-13-7-11(18-10(3)15)6-12(19-13)8-17-9(2)14/h11-13H,4-8H2,1-3H3. The van der Waals surface area contributed by atoms with Crippen LogP contribution in [0.3, 0.4) is 0 Å². The summed E-state index contributed by atoms with van der Waals surface area (Å²) in [6.45, 7) is 5.45. The zero-order chi connectivity index (χ0) is 14.3. The average molecular weight is 274 g/mol. The van der Waals surface area contributed by atoms with Crippen LogP contribution in [0.2, 0.25) is 0 Å². The molecule has 0 aliphatic carbocycles. The number of carbonyl (C=O) groups is 2. The summed E-state index contributed by atoms with van der Waals surface area (Å²) in [4.78, 5) is 21.8. The quantitative estimate of drug-likeness (QED) is 0.682. The lowest BCUT2D eigenvalue weighted by atomic mass is 10.1. The summed E-state index contributed by atoms with van der Waals surface area (Å²) in [6, 6.07) is 0. The summed E-state index contributed by atoms with van der Waals surface area (Å²) in [5.41, 5.74) is 0. The largest absolute Gasteiger partial charge is 0.463 e. The first-order valence-electron chi connectivity index (χ1n) is 6.59. The Bertz CT molecular complexity index is 304. The first-order valence-corrected chi connectivity index (χ1v) is 6.59. The van der Waals surface area contributed by atoms with E-state index in [1.54, 1.807) is 0 Å². The van der Waals surface area contributed by atoms with Crippen LogP contribution in [0.4, 0.5) is 0 Å². The number of hydrogen-bond donors (Lipinski definition) is 0. The van der Waals surface area contributed by atoms with E-state index in [1.165, 1.54) is 13.8 Å². The van der Waals surface area contributed by atoms with Crippen LogP contribution in [0.25, 0.3) is 0 Å². The highest BCUT2D eigenvalue weighted by Gasteiger charge is 2.32. The Morgan fingerprint density at radius 2 is 1.95 bits per heavy atom. The van der Waals surface area contributed by atoms with Gasteiger partial charge in [-0.25, -0.2) is 0 Å². The van der Waals surface area contributed by atoms with Crippen LogP contribution in [0.15, 0.2) is 0 Å². The fraction of sp³-hybridized carbons (Fsp3) is 0.846. The van der Waals surface area contributed by atoms with Crippen molar-refractivity contribution in [3.8, 4) is 0 Å². The molecular formula is C13H22O6. The van der Waals surface area contributed by atoms with Crippen LogP contribution in [-0.2, 0) is 28.5 Å². The van der Waals surface area contributed by atoms with Gasteiger partial charge in [0.2, 0.25) is 0 Å². The van der Waals surface area contributed by atoms with Gasteiger partial charge in [0.25, 0.3) is 0 Å². The summed E-state index contributed by atoms with van der Waals surface area (Å²) in [7, 11) is 0. The Labute approximate surface area is 113 Å². The van der Waals surface area contributed by atoms with Crippen molar-refractivity contribution in [3.63, 3.8) is 0 Å². The number of esters is 2. The third kappa shape index (κ3) is 6.54. The normalized spacial score (nSPS) is 26.8. The Morgan fingerprint density at radius 1 is 1.21 bits per heavy atom. The molecule has 0 aromatic rings. The molecule has 0 radical (unpaired) electrons. The second-order valence-electron chi connectivity index (χ2n) is 4.56.